The van der Waals surface area contributed by atoms with Crippen LogP contribution >= 0.6 is 0 Å². The highest BCUT2D eigenvalue weighted by molar-refractivity contribution is 5.75. The molecule has 0 bridgehead atoms. The van der Waals surface area contributed by atoms with Gasteiger partial charge in [0.25, 0.3) is 6.30 Å². The lowest BCUT2D eigenvalue weighted by Gasteiger charge is -2.07. The summed E-state index contributed by atoms with van der Waals surface area (Å²) >= 11 is 0. The summed E-state index contributed by atoms with van der Waals surface area (Å²) in [6.07, 6.45) is -2.05. The number of alkyl halides is 1. The highest BCUT2D eigenvalue weighted by Crippen LogP contribution is 2.10. The summed E-state index contributed by atoms with van der Waals surface area (Å²) in [5.41, 5.74) is 1.50. The number of anilines is 1. The molecule has 0 aliphatic heterocycles. The Morgan fingerprint density at radius 3 is 2.46 bits per heavy atom. The molecule has 3 nitrogen and oxygen atoms in total. The molecule has 0 aliphatic rings. The Kier molecular flexibility index (Phi) is 2.84. The number of halogens is 1. The predicted octanol–water partition coefficient (Wildman–Crippen LogP) is 1.79. The highest BCUT2D eigenvalue weighted by Gasteiger charge is 2.13. The molecule has 0 saturated carbocycles. The fourth-order valence-corrected chi connectivity index (χ4v) is 0.858. The van der Waals surface area contributed by atoms with Crippen LogP contribution in [-0.2, 0) is 4.79 Å². The van der Waals surface area contributed by atoms with Crippen LogP contribution < -0.4 is 5.32 Å². The molecular formula is C9H10FNO2. The molecule has 0 saturated heterocycles. The van der Waals surface area contributed by atoms with E-state index in [0.29, 0.717) is 5.69 Å². The number of hydrogen-bond acceptors (Lipinski definition) is 2. The van der Waals surface area contributed by atoms with Crippen LogP contribution in [0.2, 0.25) is 0 Å². The van der Waals surface area contributed by atoms with Gasteiger partial charge in [-0.15, -0.1) is 0 Å². The van der Waals surface area contributed by atoms with Crippen LogP contribution in [0.25, 0.3) is 0 Å². The van der Waals surface area contributed by atoms with Gasteiger partial charge in [-0.3, -0.25) is 0 Å². The molecule has 1 aromatic carbocycles. The monoisotopic (exact) mass is 183 g/mol. The predicted molar refractivity (Wildman–Crippen MR) is 47.3 cm³/mol. The Morgan fingerprint density at radius 1 is 1.46 bits per heavy atom. The summed E-state index contributed by atoms with van der Waals surface area (Å²) in [7, 11) is 0. The molecule has 0 aromatic heterocycles. The van der Waals surface area contributed by atoms with Crippen molar-refractivity contribution >= 4 is 11.7 Å². The largest absolute Gasteiger partial charge is 0.478 e. The number of benzene rings is 1. The zero-order valence-electron chi connectivity index (χ0n) is 7.12. The lowest BCUT2D eigenvalue weighted by Crippen LogP contribution is -2.23. The van der Waals surface area contributed by atoms with Crippen molar-refractivity contribution in [3.8, 4) is 0 Å². The lowest BCUT2D eigenvalue weighted by atomic mass is 10.2. The van der Waals surface area contributed by atoms with Gasteiger partial charge in [0.1, 0.15) is 0 Å². The molecule has 0 heterocycles. The standard InChI is InChI=1S/C9H10FNO2/c1-6-2-4-7(5-3-6)11-8(10)9(12)13/h2-5,8,11H,1H3,(H,12,13)/t8-/m1/s1. The van der Waals surface area contributed by atoms with Crippen LogP contribution in [0, 0.1) is 6.92 Å². The minimum absolute atomic E-state index is 0.459. The summed E-state index contributed by atoms with van der Waals surface area (Å²) in [6.45, 7) is 1.90. The van der Waals surface area contributed by atoms with E-state index >= 15 is 0 Å². The van der Waals surface area contributed by atoms with Crippen LogP contribution in [0.4, 0.5) is 10.1 Å². The molecule has 0 unspecified atom stereocenters. The number of aliphatic carboxylic acids is 1. The van der Waals surface area contributed by atoms with Gasteiger partial charge in [-0.2, -0.15) is 0 Å². The Hall–Kier alpha value is -1.58. The van der Waals surface area contributed by atoms with Gasteiger partial charge in [-0.25, -0.2) is 9.18 Å². The number of rotatable bonds is 3. The zero-order valence-corrected chi connectivity index (χ0v) is 7.12. The van der Waals surface area contributed by atoms with Gasteiger partial charge < -0.3 is 10.4 Å². The first kappa shape index (κ1) is 9.51. The molecule has 70 valence electrons. The van der Waals surface area contributed by atoms with Crippen molar-refractivity contribution in [1.82, 2.24) is 0 Å². The van der Waals surface area contributed by atoms with Crippen LogP contribution in [0.5, 0.6) is 0 Å². The zero-order chi connectivity index (χ0) is 9.84. The maximum atomic E-state index is 12.6. The van der Waals surface area contributed by atoms with E-state index in [-0.39, 0.29) is 0 Å². The second-order valence-corrected chi connectivity index (χ2v) is 2.71. The molecule has 1 atom stereocenters. The molecule has 4 heteroatoms. The molecule has 0 fully saturated rings. The maximum absolute atomic E-state index is 12.6. The first-order valence-corrected chi connectivity index (χ1v) is 3.79. The van der Waals surface area contributed by atoms with Gasteiger partial charge in [-0.1, -0.05) is 17.7 Å². The molecule has 1 aromatic rings. The minimum atomic E-state index is -2.05. The van der Waals surface area contributed by atoms with Crippen molar-refractivity contribution in [3.63, 3.8) is 0 Å². The average Bonchev–Trinajstić information content (AvgIpc) is 2.08. The third-order valence-corrected chi connectivity index (χ3v) is 1.56. The van der Waals surface area contributed by atoms with Gasteiger partial charge in [-0.05, 0) is 19.1 Å². The van der Waals surface area contributed by atoms with Crippen LogP contribution in [0.1, 0.15) is 5.56 Å². The topological polar surface area (TPSA) is 49.3 Å². The maximum Gasteiger partial charge on any atom is 0.359 e. The fraction of sp³-hybridized carbons (Fsp3) is 0.222. The summed E-state index contributed by atoms with van der Waals surface area (Å²) in [5, 5.41) is 10.5. The van der Waals surface area contributed by atoms with E-state index in [0.717, 1.165) is 5.56 Å². The second kappa shape index (κ2) is 3.89. The Bertz CT molecular complexity index is 297. The summed E-state index contributed by atoms with van der Waals surface area (Å²) < 4.78 is 12.6. The Balaban J connectivity index is 2.64. The van der Waals surface area contributed by atoms with E-state index in [1.54, 1.807) is 24.3 Å². The van der Waals surface area contributed by atoms with Crippen molar-refractivity contribution in [2.75, 3.05) is 5.32 Å². The number of hydrogen-bond donors (Lipinski definition) is 2. The normalized spacial score (nSPS) is 12.2. The van der Waals surface area contributed by atoms with Crippen LogP contribution in [0.15, 0.2) is 24.3 Å². The molecule has 1 rings (SSSR count). The smallest absolute Gasteiger partial charge is 0.359 e. The molecule has 0 aliphatic carbocycles. The summed E-state index contributed by atoms with van der Waals surface area (Å²) in [6, 6.07) is 6.81. The molecule has 0 spiro atoms. The molecule has 13 heavy (non-hydrogen) atoms. The first-order chi connectivity index (χ1) is 6.09. The average molecular weight is 183 g/mol. The van der Waals surface area contributed by atoms with Crippen molar-refractivity contribution in [2.24, 2.45) is 0 Å². The van der Waals surface area contributed by atoms with Crippen LogP contribution in [0.3, 0.4) is 0 Å². The van der Waals surface area contributed by atoms with Crippen molar-refractivity contribution in [3.05, 3.63) is 29.8 Å². The van der Waals surface area contributed by atoms with E-state index in [2.05, 4.69) is 5.32 Å². The number of carboxylic acid groups (broad SMARTS) is 1. The second-order valence-electron chi connectivity index (χ2n) is 2.71. The van der Waals surface area contributed by atoms with Gasteiger partial charge in [0.2, 0.25) is 0 Å². The molecular weight excluding hydrogens is 173 g/mol. The van der Waals surface area contributed by atoms with E-state index in [1.165, 1.54) is 0 Å². The fourth-order valence-electron chi connectivity index (χ4n) is 0.858. The number of aryl methyl sites for hydroxylation is 1. The van der Waals surface area contributed by atoms with E-state index < -0.39 is 12.3 Å². The SMILES string of the molecule is Cc1ccc(N[C@@H](F)C(=O)O)cc1. The molecule has 2 N–H and O–H groups in total. The quantitative estimate of drug-likeness (QED) is 0.702. The summed E-state index contributed by atoms with van der Waals surface area (Å²) in [5.74, 6) is -1.51. The number of carbonyl (C=O) groups is 1. The molecule has 0 radical (unpaired) electrons. The number of carboxylic acids is 1. The minimum Gasteiger partial charge on any atom is -0.478 e. The van der Waals surface area contributed by atoms with Crippen LogP contribution in [-0.4, -0.2) is 17.4 Å². The van der Waals surface area contributed by atoms with Gasteiger partial charge >= 0.3 is 5.97 Å². The van der Waals surface area contributed by atoms with E-state index in [9.17, 15) is 9.18 Å². The van der Waals surface area contributed by atoms with Gasteiger partial charge in [0.05, 0.1) is 0 Å². The summed E-state index contributed by atoms with van der Waals surface area (Å²) in [4.78, 5) is 10.1. The van der Waals surface area contributed by atoms with Crippen molar-refractivity contribution in [1.29, 1.82) is 0 Å². The van der Waals surface area contributed by atoms with E-state index in [1.807, 2.05) is 6.92 Å². The number of nitrogens with one attached hydrogen (secondary N) is 1. The third kappa shape index (κ3) is 2.74. The Morgan fingerprint density at radius 2 is 2.00 bits per heavy atom. The van der Waals surface area contributed by atoms with Gasteiger partial charge in [0.15, 0.2) is 0 Å². The van der Waals surface area contributed by atoms with Crippen molar-refractivity contribution < 1.29 is 14.3 Å². The molecule has 0 amide bonds. The van der Waals surface area contributed by atoms with Crippen molar-refractivity contribution in [2.45, 2.75) is 13.2 Å². The lowest BCUT2D eigenvalue weighted by molar-refractivity contribution is -0.141. The first-order valence-electron chi connectivity index (χ1n) is 3.79. The highest BCUT2D eigenvalue weighted by atomic mass is 19.1. The Labute approximate surface area is 75.2 Å². The van der Waals surface area contributed by atoms with Gasteiger partial charge in [0, 0.05) is 5.69 Å². The van der Waals surface area contributed by atoms with E-state index in [4.69, 9.17) is 5.11 Å². The third-order valence-electron chi connectivity index (χ3n) is 1.56.